The molecule has 0 N–H and O–H groups in total. The molecule has 0 aromatic heterocycles. The fourth-order valence-electron chi connectivity index (χ4n) is 0.895. The molecule has 0 saturated heterocycles. The fraction of sp³-hybridized carbons (Fsp3) is 0.250. The first-order valence-corrected chi connectivity index (χ1v) is 4.67. The Hall–Kier alpha value is -1.12. The Kier molecular flexibility index (Phi) is 3.80. The minimum atomic E-state index is -5.11. The van der Waals surface area contributed by atoms with E-state index in [1.54, 1.807) is 0 Å². The largest absolute Gasteiger partial charge is 0.573 e. The molecule has 96 valence electrons. The standard InChI is InChI=1S/C8H3BrF6O2/c9-4-1-2-5(16-7(10,11)12)6(3-4)17-8(13,14)15/h1-3H. The molecule has 0 amide bonds. The van der Waals surface area contributed by atoms with Gasteiger partial charge in [0.05, 0.1) is 0 Å². The first-order chi connectivity index (χ1) is 7.57. The van der Waals surface area contributed by atoms with Gasteiger partial charge in [-0.1, -0.05) is 15.9 Å². The summed E-state index contributed by atoms with van der Waals surface area (Å²) in [6, 6.07) is 2.51. The Morgan fingerprint density at radius 2 is 1.29 bits per heavy atom. The Bertz CT molecular complexity index is 400. The molecule has 1 rings (SSSR count). The normalized spacial score (nSPS) is 12.4. The molecule has 17 heavy (non-hydrogen) atoms. The van der Waals surface area contributed by atoms with Gasteiger partial charge in [-0.05, 0) is 18.2 Å². The zero-order chi connectivity index (χ0) is 13.3. The van der Waals surface area contributed by atoms with Crippen LogP contribution in [0.3, 0.4) is 0 Å². The highest BCUT2D eigenvalue weighted by Crippen LogP contribution is 2.37. The van der Waals surface area contributed by atoms with E-state index in [0.717, 1.165) is 6.07 Å². The maximum Gasteiger partial charge on any atom is 0.573 e. The Morgan fingerprint density at radius 1 is 0.824 bits per heavy atom. The summed E-state index contributed by atoms with van der Waals surface area (Å²) >= 11 is 2.80. The minimum Gasteiger partial charge on any atom is -0.402 e. The first-order valence-electron chi connectivity index (χ1n) is 3.88. The van der Waals surface area contributed by atoms with E-state index in [2.05, 4.69) is 25.4 Å². The van der Waals surface area contributed by atoms with Gasteiger partial charge in [0.2, 0.25) is 0 Å². The third kappa shape index (κ3) is 5.16. The van der Waals surface area contributed by atoms with Crippen LogP contribution in [0, 0.1) is 0 Å². The molecule has 0 heterocycles. The van der Waals surface area contributed by atoms with Crippen LogP contribution in [-0.2, 0) is 0 Å². The second kappa shape index (κ2) is 4.63. The number of halogens is 7. The molecule has 0 fully saturated rings. The topological polar surface area (TPSA) is 18.5 Å². The van der Waals surface area contributed by atoms with E-state index in [0.29, 0.717) is 12.1 Å². The van der Waals surface area contributed by atoms with Crippen molar-refractivity contribution in [2.45, 2.75) is 12.7 Å². The van der Waals surface area contributed by atoms with Crippen LogP contribution in [0.1, 0.15) is 0 Å². The zero-order valence-corrected chi connectivity index (χ0v) is 9.28. The van der Waals surface area contributed by atoms with Crippen LogP contribution in [0.15, 0.2) is 22.7 Å². The summed E-state index contributed by atoms with van der Waals surface area (Å²) in [6.45, 7) is 0. The van der Waals surface area contributed by atoms with E-state index in [-0.39, 0.29) is 4.47 Å². The van der Waals surface area contributed by atoms with E-state index < -0.39 is 24.2 Å². The lowest BCUT2D eigenvalue weighted by Crippen LogP contribution is -2.21. The van der Waals surface area contributed by atoms with Gasteiger partial charge in [0.25, 0.3) is 0 Å². The molecule has 0 saturated carbocycles. The number of hydrogen-bond donors (Lipinski definition) is 0. The lowest BCUT2D eigenvalue weighted by molar-refractivity contribution is -0.287. The molecule has 0 atom stereocenters. The number of benzene rings is 1. The molecule has 0 radical (unpaired) electrons. The van der Waals surface area contributed by atoms with E-state index in [9.17, 15) is 26.3 Å². The molecule has 0 aliphatic carbocycles. The molecule has 1 aromatic rings. The van der Waals surface area contributed by atoms with Crippen molar-refractivity contribution < 1.29 is 35.8 Å². The summed E-state index contributed by atoms with van der Waals surface area (Å²) in [4.78, 5) is 0. The van der Waals surface area contributed by atoms with Crippen LogP contribution < -0.4 is 9.47 Å². The molecule has 0 aliphatic heterocycles. The van der Waals surface area contributed by atoms with Gasteiger partial charge in [0, 0.05) is 4.47 Å². The maximum atomic E-state index is 11.9. The highest BCUT2D eigenvalue weighted by atomic mass is 79.9. The van der Waals surface area contributed by atoms with E-state index in [1.165, 1.54) is 0 Å². The minimum absolute atomic E-state index is 0.117. The van der Waals surface area contributed by atoms with Crippen molar-refractivity contribution >= 4 is 15.9 Å². The second-order valence-corrected chi connectivity index (χ2v) is 3.60. The summed E-state index contributed by atoms with van der Waals surface area (Å²) in [7, 11) is 0. The number of rotatable bonds is 2. The van der Waals surface area contributed by atoms with Crippen molar-refractivity contribution in [3.63, 3.8) is 0 Å². The number of hydrogen-bond acceptors (Lipinski definition) is 2. The SMILES string of the molecule is FC(F)(F)Oc1ccc(Br)cc1OC(F)(F)F. The van der Waals surface area contributed by atoms with Gasteiger partial charge in [0.15, 0.2) is 11.5 Å². The Labute approximate surface area is 99.2 Å². The van der Waals surface area contributed by atoms with Gasteiger partial charge >= 0.3 is 12.7 Å². The van der Waals surface area contributed by atoms with E-state index in [4.69, 9.17) is 0 Å². The monoisotopic (exact) mass is 324 g/mol. The molecule has 0 spiro atoms. The van der Waals surface area contributed by atoms with Crippen molar-refractivity contribution in [3.8, 4) is 11.5 Å². The average Bonchev–Trinajstić information content (AvgIpc) is 2.05. The van der Waals surface area contributed by atoms with Gasteiger partial charge in [-0.3, -0.25) is 0 Å². The molecule has 0 bridgehead atoms. The lowest BCUT2D eigenvalue weighted by atomic mass is 10.3. The maximum absolute atomic E-state index is 11.9. The molecular formula is C8H3BrF6O2. The van der Waals surface area contributed by atoms with Crippen molar-refractivity contribution in [1.29, 1.82) is 0 Å². The molecule has 0 unspecified atom stereocenters. The lowest BCUT2D eigenvalue weighted by Gasteiger charge is -2.15. The quantitative estimate of drug-likeness (QED) is 0.757. The first kappa shape index (κ1) is 13.9. The summed E-state index contributed by atoms with van der Waals surface area (Å²) < 4.78 is 78.3. The predicted octanol–water partition coefficient (Wildman–Crippen LogP) is 4.25. The number of ether oxygens (including phenoxy) is 2. The smallest absolute Gasteiger partial charge is 0.402 e. The summed E-state index contributed by atoms with van der Waals surface area (Å²) in [5.41, 5.74) is 0. The third-order valence-corrected chi connectivity index (χ3v) is 1.85. The van der Waals surface area contributed by atoms with Crippen molar-refractivity contribution in [3.05, 3.63) is 22.7 Å². The molecule has 0 aliphatic rings. The van der Waals surface area contributed by atoms with Crippen LogP contribution >= 0.6 is 15.9 Å². The van der Waals surface area contributed by atoms with Crippen LogP contribution in [-0.4, -0.2) is 12.7 Å². The van der Waals surface area contributed by atoms with Gasteiger partial charge in [-0.2, -0.15) is 0 Å². The van der Waals surface area contributed by atoms with Gasteiger partial charge in [0.1, 0.15) is 0 Å². The van der Waals surface area contributed by atoms with Gasteiger partial charge < -0.3 is 9.47 Å². The summed E-state index contributed by atoms with van der Waals surface area (Å²) in [6.07, 6.45) is -10.2. The average molecular weight is 325 g/mol. The Morgan fingerprint density at radius 3 is 1.76 bits per heavy atom. The van der Waals surface area contributed by atoms with Gasteiger partial charge in [-0.15, -0.1) is 26.3 Å². The van der Waals surface area contributed by atoms with Crippen LogP contribution in [0.2, 0.25) is 0 Å². The third-order valence-electron chi connectivity index (χ3n) is 1.36. The highest BCUT2D eigenvalue weighted by molar-refractivity contribution is 9.10. The number of alkyl halides is 6. The van der Waals surface area contributed by atoms with Crippen LogP contribution in [0.25, 0.3) is 0 Å². The van der Waals surface area contributed by atoms with E-state index >= 15 is 0 Å². The van der Waals surface area contributed by atoms with Crippen molar-refractivity contribution in [2.75, 3.05) is 0 Å². The van der Waals surface area contributed by atoms with Crippen LogP contribution in [0.5, 0.6) is 11.5 Å². The molecule has 2 nitrogen and oxygen atoms in total. The van der Waals surface area contributed by atoms with E-state index in [1.807, 2.05) is 0 Å². The fourth-order valence-corrected chi connectivity index (χ4v) is 1.24. The van der Waals surface area contributed by atoms with Crippen molar-refractivity contribution in [1.82, 2.24) is 0 Å². The van der Waals surface area contributed by atoms with Gasteiger partial charge in [-0.25, -0.2) is 0 Å². The highest BCUT2D eigenvalue weighted by Gasteiger charge is 2.36. The van der Waals surface area contributed by atoms with Crippen molar-refractivity contribution in [2.24, 2.45) is 0 Å². The zero-order valence-electron chi connectivity index (χ0n) is 7.69. The second-order valence-electron chi connectivity index (χ2n) is 2.69. The molecule has 1 aromatic carbocycles. The summed E-state index contributed by atoms with van der Waals surface area (Å²) in [5.74, 6) is -2.15. The molecule has 9 heteroatoms. The van der Waals surface area contributed by atoms with Crippen LogP contribution in [0.4, 0.5) is 26.3 Å². The Balaban J connectivity index is 3.04. The molecular weight excluding hydrogens is 322 g/mol. The predicted molar refractivity (Wildman–Crippen MR) is 47.5 cm³/mol. The summed E-state index contributed by atoms with van der Waals surface area (Å²) in [5, 5.41) is 0.